The lowest BCUT2D eigenvalue weighted by Gasteiger charge is -2.25. The highest BCUT2D eigenvalue weighted by molar-refractivity contribution is 5.68. The van der Waals surface area contributed by atoms with E-state index in [1.54, 1.807) is 4.90 Å². The molecule has 0 bridgehead atoms. The van der Waals surface area contributed by atoms with Gasteiger partial charge in [-0.3, -0.25) is 0 Å². The summed E-state index contributed by atoms with van der Waals surface area (Å²) < 4.78 is 62.8. The molecule has 3 rings (SSSR count). The molecule has 8 heteroatoms. The number of nitrogens with zero attached hydrogens (tertiary/aromatic N) is 1. The quantitative estimate of drug-likeness (QED) is 0.678. The van der Waals surface area contributed by atoms with Crippen LogP contribution in [-0.4, -0.2) is 35.8 Å². The van der Waals surface area contributed by atoms with Gasteiger partial charge in [0.1, 0.15) is 5.60 Å². The summed E-state index contributed by atoms with van der Waals surface area (Å²) >= 11 is 0. The van der Waals surface area contributed by atoms with Crippen LogP contribution in [0.15, 0.2) is 18.2 Å². The van der Waals surface area contributed by atoms with Gasteiger partial charge >= 0.3 is 12.3 Å². The van der Waals surface area contributed by atoms with Crippen molar-refractivity contribution in [3.63, 3.8) is 0 Å². The summed E-state index contributed by atoms with van der Waals surface area (Å²) in [6.07, 6.45) is -3.95. The minimum Gasteiger partial charge on any atom is -0.487 e. The number of likely N-dealkylation sites (tertiary alicyclic amines) is 1. The van der Waals surface area contributed by atoms with Gasteiger partial charge in [0.2, 0.25) is 0 Å². The Labute approximate surface area is 155 Å². The van der Waals surface area contributed by atoms with Gasteiger partial charge in [0.05, 0.1) is 11.7 Å². The number of ether oxygens (including phenoxy) is 2. The summed E-state index contributed by atoms with van der Waals surface area (Å²) in [6.45, 7) is 6.53. The van der Waals surface area contributed by atoms with Crippen LogP contribution in [0.5, 0.6) is 5.75 Å². The Morgan fingerprint density at radius 1 is 1.11 bits per heavy atom. The van der Waals surface area contributed by atoms with Crippen molar-refractivity contribution >= 4 is 6.09 Å². The van der Waals surface area contributed by atoms with Crippen molar-refractivity contribution in [2.75, 3.05) is 13.1 Å². The van der Waals surface area contributed by atoms with Crippen LogP contribution < -0.4 is 4.74 Å². The van der Waals surface area contributed by atoms with Gasteiger partial charge in [0.15, 0.2) is 11.6 Å². The molecule has 2 aliphatic rings. The molecule has 1 unspecified atom stereocenters. The van der Waals surface area contributed by atoms with Crippen LogP contribution in [0, 0.1) is 17.7 Å². The lowest BCUT2D eigenvalue weighted by atomic mass is 10.0. The van der Waals surface area contributed by atoms with E-state index in [1.807, 2.05) is 20.8 Å². The maximum atomic E-state index is 14.0. The highest BCUT2D eigenvalue weighted by Crippen LogP contribution is 2.41. The van der Waals surface area contributed by atoms with Crippen LogP contribution in [0.1, 0.15) is 39.2 Å². The second-order valence-corrected chi connectivity index (χ2v) is 8.26. The zero-order chi connectivity index (χ0) is 20.0. The molecular formula is C19H23F4NO3. The van der Waals surface area contributed by atoms with Gasteiger partial charge < -0.3 is 14.4 Å². The van der Waals surface area contributed by atoms with Crippen molar-refractivity contribution in [1.82, 2.24) is 4.90 Å². The SMILES string of the molecule is CC(C)(C)OC(=O)N1C[C@H]2CC(Oc3ccc(C(F)(F)F)cc3F)C[C@H]2C1. The smallest absolute Gasteiger partial charge is 0.416 e. The van der Waals surface area contributed by atoms with E-state index >= 15 is 0 Å². The molecule has 0 spiro atoms. The zero-order valence-electron chi connectivity index (χ0n) is 15.5. The molecule has 27 heavy (non-hydrogen) atoms. The van der Waals surface area contributed by atoms with Crippen molar-refractivity contribution in [3.05, 3.63) is 29.6 Å². The third-order valence-corrected chi connectivity index (χ3v) is 4.91. The molecule has 0 aromatic heterocycles. The fourth-order valence-corrected chi connectivity index (χ4v) is 3.77. The number of halogens is 4. The Hall–Kier alpha value is -1.99. The molecule has 1 aromatic rings. The monoisotopic (exact) mass is 389 g/mol. The Balaban J connectivity index is 1.56. The molecule has 150 valence electrons. The lowest BCUT2D eigenvalue weighted by Crippen LogP contribution is -2.36. The Morgan fingerprint density at radius 2 is 1.70 bits per heavy atom. The van der Waals surface area contributed by atoms with E-state index in [9.17, 15) is 22.4 Å². The van der Waals surface area contributed by atoms with Crippen LogP contribution >= 0.6 is 0 Å². The van der Waals surface area contributed by atoms with Crippen molar-refractivity contribution in [3.8, 4) is 5.75 Å². The third kappa shape index (κ3) is 4.65. The van der Waals surface area contributed by atoms with Crippen LogP contribution in [0.3, 0.4) is 0 Å². The molecular weight excluding hydrogens is 366 g/mol. The summed E-state index contributed by atoms with van der Waals surface area (Å²) in [5, 5.41) is 0. The first-order chi connectivity index (χ1) is 12.4. The fourth-order valence-electron chi connectivity index (χ4n) is 3.77. The first-order valence-corrected chi connectivity index (χ1v) is 8.94. The minimum absolute atomic E-state index is 0.169. The Morgan fingerprint density at radius 3 is 2.19 bits per heavy atom. The van der Waals surface area contributed by atoms with Gasteiger partial charge in [-0.1, -0.05) is 0 Å². The first-order valence-electron chi connectivity index (χ1n) is 8.94. The van der Waals surface area contributed by atoms with E-state index in [0.29, 0.717) is 32.0 Å². The summed E-state index contributed by atoms with van der Waals surface area (Å²) in [7, 11) is 0. The van der Waals surface area contributed by atoms with Crippen molar-refractivity contribution in [2.24, 2.45) is 11.8 Å². The van der Waals surface area contributed by atoms with Crippen LogP contribution in [0.4, 0.5) is 22.4 Å². The number of amides is 1. The number of carbonyl (C=O) groups is 1. The van der Waals surface area contributed by atoms with Crippen LogP contribution in [0.25, 0.3) is 0 Å². The molecule has 1 amide bonds. The Kier molecular flexibility index (Phi) is 5.03. The maximum absolute atomic E-state index is 14.0. The molecule has 2 fully saturated rings. The molecule has 4 nitrogen and oxygen atoms in total. The number of hydrogen-bond donors (Lipinski definition) is 0. The second-order valence-electron chi connectivity index (χ2n) is 8.26. The zero-order valence-corrected chi connectivity index (χ0v) is 15.5. The van der Waals surface area contributed by atoms with E-state index < -0.39 is 23.2 Å². The molecule has 1 saturated carbocycles. The largest absolute Gasteiger partial charge is 0.487 e. The second kappa shape index (κ2) is 6.87. The normalized spacial score (nSPS) is 25.4. The fraction of sp³-hybridized carbons (Fsp3) is 0.632. The van der Waals surface area contributed by atoms with Crippen molar-refractivity contribution in [1.29, 1.82) is 0 Å². The average molecular weight is 389 g/mol. The summed E-state index contributed by atoms with van der Waals surface area (Å²) in [6, 6.07) is 2.30. The van der Waals surface area contributed by atoms with Crippen molar-refractivity contribution in [2.45, 2.75) is 51.5 Å². The average Bonchev–Trinajstić information content (AvgIpc) is 3.04. The van der Waals surface area contributed by atoms with Gasteiger partial charge in [0, 0.05) is 13.1 Å². The molecule has 1 aromatic carbocycles. The lowest BCUT2D eigenvalue weighted by molar-refractivity contribution is -0.137. The standard InChI is InChI=1S/C19H23F4NO3/c1-18(2,3)27-17(25)24-9-11-6-14(7-12(11)10-24)26-16-5-4-13(8-15(16)20)19(21,22)23/h4-5,8,11-12,14H,6-7,9-10H2,1-3H3/t11-,12+,14?. The molecule has 1 heterocycles. The van der Waals surface area contributed by atoms with Crippen LogP contribution in [-0.2, 0) is 10.9 Å². The summed E-state index contributed by atoms with van der Waals surface area (Å²) in [5.74, 6) is -0.741. The van der Waals surface area contributed by atoms with Gasteiger partial charge in [-0.2, -0.15) is 13.2 Å². The molecule has 0 N–H and O–H groups in total. The van der Waals surface area contributed by atoms with Crippen LogP contribution in [0.2, 0.25) is 0 Å². The van der Waals surface area contributed by atoms with Gasteiger partial charge in [-0.05, 0) is 63.6 Å². The predicted octanol–water partition coefficient (Wildman–Crippen LogP) is 4.87. The number of hydrogen-bond acceptors (Lipinski definition) is 3. The highest BCUT2D eigenvalue weighted by atomic mass is 19.4. The number of rotatable bonds is 2. The topological polar surface area (TPSA) is 38.8 Å². The highest BCUT2D eigenvalue weighted by Gasteiger charge is 2.44. The number of fused-ring (bicyclic) bond motifs is 1. The molecule has 0 radical (unpaired) electrons. The molecule has 1 aliphatic heterocycles. The van der Waals surface area contributed by atoms with Gasteiger partial charge in [-0.25, -0.2) is 9.18 Å². The van der Waals surface area contributed by atoms with Gasteiger partial charge in [-0.15, -0.1) is 0 Å². The van der Waals surface area contributed by atoms with Crippen molar-refractivity contribution < 1.29 is 31.8 Å². The molecule has 3 atom stereocenters. The first kappa shape index (κ1) is 19.8. The molecule has 1 saturated heterocycles. The van der Waals surface area contributed by atoms with Gasteiger partial charge in [0.25, 0.3) is 0 Å². The van der Waals surface area contributed by atoms with E-state index in [0.717, 1.165) is 12.1 Å². The Bertz CT molecular complexity index is 700. The number of benzene rings is 1. The van der Waals surface area contributed by atoms with E-state index in [4.69, 9.17) is 9.47 Å². The predicted molar refractivity (Wildman–Crippen MR) is 89.8 cm³/mol. The van der Waals surface area contributed by atoms with E-state index in [-0.39, 0.29) is 29.8 Å². The summed E-state index contributed by atoms with van der Waals surface area (Å²) in [4.78, 5) is 13.8. The van der Waals surface area contributed by atoms with E-state index in [2.05, 4.69) is 0 Å². The number of alkyl halides is 3. The summed E-state index contributed by atoms with van der Waals surface area (Å²) in [5.41, 5.74) is -1.59. The number of carbonyl (C=O) groups excluding carboxylic acids is 1. The van der Waals surface area contributed by atoms with E-state index in [1.165, 1.54) is 0 Å². The maximum Gasteiger partial charge on any atom is 0.416 e. The molecule has 1 aliphatic carbocycles. The third-order valence-electron chi connectivity index (χ3n) is 4.91. The minimum atomic E-state index is -4.59.